The van der Waals surface area contributed by atoms with Crippen molar-refractivity contribution in [3.8, 4) is 0 Å². The van der Waals surface area contributed by atoms with Crippen molar-refractivity contribution in [1.82, 2.24) is 15.2 Å². The van der Waals surface area contributed by atoms with Crippen LogP contribution in [-0.2, 0) is 16.4 Å². The number of anilines is 1. The van der Waals surface area contributed by atoms with Gasteiger partial charge in [0.15, 0.2) is 14.9 Å². The minimum absolute atomic E-state index is 0.0737. The molecule has 2 N–H and O–H groups in total. The highest BCUT2D eigenvalue weighted by Crippen LogP contribution is 2.10. The number of hydrogen-bond acceptors (Lipinski definition) is 5. The number of pyridine rings is 1. The molecule has 2 aromatic rings. The summed E-state index contributed by atoms with van der Waals surface area (Å²) in [6.45, 7) is 0.583. The van der Waals surface area contributed by atoms with Crippen molar-refractivity contribution >= 4 is 15.5 Å². The molecule has 0 aliphatic carbocycles. The zero-order valence-electron chi connectivity index (χ0n) is 9.21. The molecule has 0 unspecified atom stereocenters. The van der Waals surface area contributed by atoms with Crippen LogP contribution in [0.5, 0.6) is 0 Å². The van der Waals surface area contributed by atoms with Gasteiger partial charge in [-0.1, -0.05) is 0 Å². The maximum absolute atomic E-state index is 11.2. The third-order valence-corrected chi connectivity index (χ3v) is 3.16. The first-order chi connectivity index (χ1) is 8.05. The Morgan fingerprint density at radius 3 is 2.71 bits per heavy atom. The van der Waals surface area contributed by atoms with E-state index >= 15 is 0 Å². The van der Waals surface area contributed by atoms with E-state index in [0.717, 1.165) is 17.6 Å². The Bertz CT molecular complexity index is 575. The molecule has 7 heteroatoms. The standard InChI is InChI=1S/C10H12N4O2S/c1-17(15,16)10-3-2-8(6-12-10)11-7-9-4-5-13-14-9/h2-6,11H,7H2,1H3,(H,13,14). The fraction of sp³-hybridized carbons (Fsp3) is 0.200. The van der Waals surface area contributed by atoms with Gasteiger partial charge >= 0.3 is 0 Å². The van der Waals surface area contributed by atoms with Gasteiger partial charge in [0.2, 0.25) is 0 Å². The molecule has 0 atom stereocenters. The van der Waals surface area contributed by atoms with Gasteiger partial charge in [0.25, 0.3) is 0 Å². The highest BCUT2D eigenvalue weighted by molar-refractivity contribution is 7.90. The highest BCUT2D eigenvalue weighted by Gasteiger charge is 2.07. The average Bonchev–Trinajstić information content (AvgIpc) is 2.78. The van der Waals surface area contributed by atoms with E-state index in [1.165, 1.54) is 12.3 Å². The molecule has 90 valence electrons. The van der Waals surface area contributed by atoms with Gasteiger partial charge in [-0.05, 0) is 18.2 Å². The first kappa shape index (κ1) is 11.6. The van der Waals surface area contributed by atoms with E-state index in [1.807, 2.05) is 6.07 Å². The Kier molecular flexibility index (Phi) is 3.10. The lowest BCUT2D eigenvalue weighted by molar-refractivity contribution is 0.598. The van der Waals surface area contributed by atoms with Crippen LogP contribution in [-0.4, -0.2) is 29.9 Å². The van der Waals surface area contributed by atoms with Crippen LogP contribution >= 0.6 is 0 Å². The molecule has 0 fully saturated rings. The van der Waals surface area contributed by atoms with Gasteiger partial charge < -0.3 is 5.32 Å². The molecule has 0 aliphatic heterocycles. The summed E-state index contributed by atoms with van der Waals surface area (Å²) < 4.78 is 22.4. The molecule has 0 bridgehead atoms. The van der Waals surface area contributed by atoms with Gasteiger partial charge in [-0.3, -0.25) is 5.10 Å². The van der Waals surface area contributed by atoms with Crippen molar-refractivity contribution < 1.29 is 8.42 Å². The summed E-state index contributed by atoms with van der Waals surface area (Å²) >= 11 is 0. The molecule has 2 aromatic heterocycles. The van der Waals surface area contributed by atoms with E-state index < -0.39 is 9.84 Å². The van der Waals surface area contributed by atoms with Gasteiger partial charge in [-0.25, -0.2) is 13.4 Å². The monoisotopic (exact) mass is 252 g/mol. The second-order valence-electron chi connectivity index (χ2n) is 3.59. The molecule has 0 saturated heterocycles. The van der Waals surface area contributed by atoms with Crippen molar-refractivity contribution in [3.05, 3.63) is 36.3 Å². The normalized spacial score (nSPS) is 11.4. The molecule has 17 heavy (non-hydrogen) atoms. The van der Waals surface area contributed by atoms with Crippen molar-refractivity contribution in [2.75, 3.05) is 11.6 Å². The SMILES string of the molecule is CS(=O)(=O)c1ccc(NCc2ccn[nH]2)cn1. The molecule has 0 spiro atoms. The number of rotatable bonds is 4. The Labute approximate surface area is 99.0 Å². The molecular formula is C10H12N4O2S. The number of hydrogen-bond donors (Lipinski definition) is 2. The molecule has 2 rings (SSSR count). The van der Waals surface area contributed by atoms with Gasteiger partial charge in [0.1, 0.15) is 0 Å². The number of H-pyrrole nitrogens is 1. The second kappa shape index (κ2) is 4.54. The molecule has 0 saturated carbocycles. The number of nitrogens with one attached hydrogen (secondary N) is 2. The summed E-state index contributed by atoms with van der Waals surface area (Å²) in [6.07, 6.45) is 4.29. The molecule has 0 aromatic carbocycles. The van der Waals surface area contributed by atoms with Gasteiger partial charge in [-0.2, -0.15) is 5.10 Å². The van der Waals surface area contributed by atoms with E-state index in [9.17, 15) is 8.42 Å². The molecule has 0 amide bonds. The smallest absolute Gasteiger partial charge is 0.192 e. The predicted molar refractivity (Wildman–Crippen MR) is 63.3 cm³/mol. The third kappa shape index (κ3) is 3.04. The average molecular weight is 252 g/mol. The third-order valence-electron chi connectivity index (χ3n) is 2.16. The van der Waals surface area contributed by atoms with Gasteiger partial charge in [0, 0.05) is 12.5 Å². The Hall–Kier alpha value is -1.89. The highest BCUT2D eigenvalue weighted by atomic mass is 32.2. The summed E-state index contributed by atoms with van der Waals surface area (Å²) in [5.74, 6) is 0. The van der Waals surface area contributed by atoms with E-state index in [-0.39, 0.29) is 5.03 Å². The fourth-order valence-electron chi connectivity index (χ4n) is 1.28. The molecular weight excluding hydrogens is 240 g/mol. The zero-order chi connectivity index (χ0) is 12.3. The molecule has 2 heterocycles. The lowest BCUT2D eigenvalue weighted by Gasteiger charge is -2.04. The molecule has 6 nitrogen and oxygen atoms in total. The van der Waals surface area contributed by atoms with Crippen LogP contribution < -0.4 is 5.32 Å². The van der Waals surface area contributed by atoms with E-state index in [0.29, 0.717) is 6.54 Å². The summed E-state index contributed by atoms with van der Waals surface area (Å²) in [7, 11) is -3.23. The number of nitrogens with zero attached hydrogens (tertiary/aromatic N) is 2. The number of aromatic amines is 1. The van der Waals surface area contributed by atoms with Crippen LogP contribution in [0.2, 0.25) is 0 Å². The van der Waals surface area contributed by atoms with Crippen LogP contribution in [0.1, 0.15) is 5.69 Å². The Morgan fingerprint density at radius 2 is 2.18 bits per heavy atom. The fourth-order valence-corrected chi connectivity index (χ4v) is 1.84. The second-order valence-corrected chi connectivity index (χ2v) is 5.56. The summed E-state index contributed by atoms with van der Waals surface area (Å²) in [5, 5.41) is 9.81. The van der Waals surface area contributed by atoms with Gasteiger partial charge in [0.05, 0.1) is 24.1 Å². The van der Waals surface area contributed by atoms with E-state index in [1.54, 1.807) is 12.3 Å². The van der Waals surface area contributed by atoms with Crippen LogP contribution in [0.3, 0.4) is 0 Å². The first-order valence-corrected chi connectivity index (χ1v) is 6.83. The minimum atomic E-state index is -3.23. The van der Waals surface area contributed by atoms with E-state index in [2.05, 4.69) is 20.5 Å². The van der Waals surface area contributed by atoms with E-state index in [4.69, 9.17) is 0 Å². The van der Waals surface area contributed by atoms with Gasteiger partial charge in [-0.15, -0.1) is 0 Å². The largest absolute Gasteiger partial charge is 0.378 e. The first-order valence-electron chi connectivity index (χ1n) is 4.94. The van der Waals surface area contributed by atoms with Crippen LogP contribution in [0.25, 0.3) is 0 Å². The van der Waals surface area contributed by atoms with Crippen LogP contribution in [0, 0.1) is 0 Å². The summed E-state index contributed by atoms with van der Waals surface area (Å²) in [6, 6.07) is 5.01. The van der Waals surface area contributed by atoms with Crippen LogP contribution in [0.4, 0.5) is 5.69 Å². The number of sulfone groups is 1. The lowest BCUT2D eigenvalue weighted by atomic mass is 10.4. The zero-order valence-corrected chi connectivity index (χ0v) is 10.0. The number of aromatic nitrogens is 3. The van der Waals surface area contributed by atoms with Crippen molar-refractivity contribution in [3.63, 3.8) is 0 Å². The molecule has 0 radical (unpaired) electrons. The van der Waals surface area contributed by atoms with Crippen molar-refractivity contribution in [1.29, 1.82) is 0 Å². The summed E-state index contributed by atoms with van der Waals surface area (Å²) in [4.78, 5) is 3.87. The Balaban J connectivity index is 2.04. The quantitative estimate of drug-likeness (QED) is 0.841. The topological polar surface area (TPSA) is 87.7 Å². The maximum Gasteiger partial charge on any atom is 0.192 e. The predicted octanol–water partition coefficient (Wildman–Crippen LogP) is 0.820. The lowest BCUT2D eigenvalue weighted by Crippen LogP contribution is -2.03. The minimum Gasteiger partial charge on any atom is -0.378 e. The maximum atomic E-state index is 11.2. The van der Waals surface area contributed by atoms with Crippen molar-refractivity contribution in [2.24, 2.45) is 0 Å². The van der Waals surface area contributed by atoms with Crippen molar-refractivity contribution in [2.45, 2.75) is 11.6 Å². The summed E-state index contributed by atoms with van der Waals surface area (Å²) in [5.41, 5.74) is 1.70. The molecule has 0 aliphatic rings. The Morgan fingerprint density at radius 1 is 1.35 bits per heavy atom. The van der Waals surface area contributed by atoms with Crippen LogP contribution in [0.15, 0.2) is 35.6 Å².